The molecule has 0 radical (unpaired) electrons. The summed E-state index contributed by atoms with van der Waals surface area (Å²) in [6.45, 7) is 8.93. The van der Waals surface area contributed by atoms with E-state index in [1.54, 1.807) is 55.3 Å². The first-order valence-electron chi connectivity index (χ1n) is 29.4. The van der Waals surface area contributed by atoms with Crippen molar-refractivity contribution in [2.45, 2.75) is 58.0 Å². The number of ether oxygens (including phenoxy) is 1. The maximum absolute atomic E-state index is 13.9. The second-order valence-electron chi connectivity index (χ2n) is 21.9. The van der Waals surface area contributed by atoms with Gasteiger partial charge in [-0.3, -0.25) is 0 Å². The quantitative estimate of drug-likeness (QED) is 0.0500. The highest BCUT2D eigenvalue weighted by atomic mass is 35.5. The number of benzene rings is 2. The number of aryl methyl sites for hydroxylation is 3. The Morgan fingerprint density at radius 1 is 0.622 bits per heavy atom. The lowest BCUT2D eigenvalue weighted by Crippen LogP contribution is -2.47. The van der Waals surface area contributed by atoms with Crippen molar-refractivity contribution in [2.75, 3.05) is 75.5 Å². The van der Waals surface area contributed by atoms with Gasteiger partial charge < -0.3 is 40.3 Å². The van der Waals surface area contributed by atoms with Gasteiger partial charge in [0.25, 0.3) is 0 Å². The molecule has 0 bridgehead atoms. The molecule has 21 nitrogen and oxygen atoms in total. The summed E-state index contributed by atoms with van der Waals surface area (Å²) < 4.78 is 62.0. The van der Waals surface area contributed by atoms with E-state index in [0.29, 0.717) is 60.3 Å². The number of rotatable bonds is 14. The number of phenols is 1. The number of phenolic OH excluding ortho intramolecular Hbond substituents is 1. The number of aliphatic hydroxyl groups is 3. The Hall–Kier alpha value is -8.98. The van der Waals surface area contributed by atoms with Crippen LogP contribution in [0, 0.1) is 59.2 Å². The molecular formula is C64H73ClF4N16O5. The van der Waals surface area contributed by atoms with Crippen LogP contribution in [0.5, 0.6) is 11.5 Å². The molecule has 1 aliphatic carbocycles. The molecule has 4 aliphatic rings. The third-order valence-corrected chi connectivity index (χ3v) is 15.5. The maximum Gasteiger partial charge on any atom is 0.419 e. The van der Waals surface area contributed by atoms with E-state index in [0.717, 1.165) is 105 Å². The molecule has 26 heteroatoms. The zero-order valence-electron chi connectivity index (χ0n) is 50.2. The number of alkyl halides is 3. The summed E-state index contributed by atoms with van der Waals surface area (Å²) in [7, 11) is 3.40. The summed E-state index contributed by atoms with van der Waals surface area (Å²) in [5.41, 5.74) is 4.08. The molecule has 1 saturated carbocycles. The van der Waals surface area contributed by atoms with Crippen molar-refractivity contribution in [1.29, 1.82) is 10.5 Å². The number of hydrogen-bond donors (Lipinski definition) is 5. The van der Waals surface area contributed by atoms with Crippen LogP contribution in [0.1, 0.15) is 67.5 Å². The molecule has 0 atom stereocenters. The molecule has 10 heterocycles. The van der Waals surface area contributed by atoms with Crippen molar-refractivity contribution < 1.29 is 42.7 Å². The third kappa shape index (κ3) is 18.8. The van der Waals surface area contributed by atoms with Gasteiger partial charge in [0.15, 0.2) is 11.4 Å². The number of nitrogens with one attached hydrogen (secondary N) is 1. The molecular weight excluding hydrogens is 1180 g/mol. The summed E-state index contributed by atoms with van der Waals surface area (Å²) in [5.74, 6) is 4.16. The lowest BCUT2D eigenvalue weighted by molar-refractivity contribution is -0.138. The summed E-state index contributed by atoms with van der Waals surface area (Å²) >= 11 is 0. The molecule has 9 aromatic rings. The van der Waals surface area contributed by atoms with Crippen LogP contribution in [0.4, 0.5) is 29.2 Å². The average molecular weight is 1260 g/mol. The Bertz CT molecular complexity index is 3750. The summed E-state index contributed by atoms with van der Waals surface area (Å²) in [5, 5.41) is 72.4. The molecule has 0 amide bonds. The number of fused-ring (bicyclic) bond motifs is 2. The van der Waals surface area contributed by atoms with Crippen LogP contribution in [0.15, 0.2) is 122 Å². The van der Waals surface area contributed by atoms with Crippen LogP contribution < -0.4 is 19.9 Å². The smallest absolute Gasteiger partial charge is 0.419 e. The molecule has 13 rings (SSSR count). The van der Waals surface area contributed by atoms with E-state index in [9.17, 15) is 33.2 Å². The van der Waals surface area contributed by atoms with Crippen molar-refractivity contribution in [3.05, 3.63) is 150 Å². The van der Waals surface area contributed by atoms with Crippen molar-refractivity contribution in [3.8, 4) is 46.2 Å². The number of hydrogen-bond acceptors (Lipinski definition) is 19. The van der Waals surface area contributed by atoms with Gasteiger partial charge >= 0.3 is 6.18 Å². The minimum Gasteiger partial charge on any atom is -0.508 e. The first-order chi connectivity index (χ1) is 43.1. The summed E-state index contributed by atoms with van der Waals surface area (Å²) in [6, 6.07) is 32.6. The lowest BCUT2D eigenvalue weighted by Gasteiger charge is -2.40. The molecule has 2 aromatic carbocycles. The summed E-state index contributed by atoms with van der Waals surface area (Å²) in [4.78, 5) is 24.7. The predicted octanol–water partition coefficient (Wildman–Crippen LogP) is 9.44. The van der Waals surface area contributed by atoms with Gasteiger partial charge in [-0.25, -0.2) is 34.3 Å². The Kier molecular flexibility index (Phi) is 25.5. The van der Waals surface area contributed by atoms with E-state index in [1.165, 1.54) is 48.3 Å². The normalized spacial score (nSPS) is 14.4. The van der Waals surface area contributed by atoms with Crippen LogP contribution in [-0.4, -0.2) is 141 Å². The van der Waals surface area contributed by atoms with Gasteiger partial charge in [-0.05, 0) is 160 Å². The highest BCUT2D eigenvalue weighted by molar-refractivity contribution is 5.86. The van der Waals surface area contributed by atoms with Gasteiger partial charge in [-0.15, -0.1) is 22.6 Å². The van der Waals surface area contributed by atoms with Crippen LogP contribution >= 0.6 is 12.4 Å². The number of halogens is 5. The van der Waals surface area contributed by atoms with Crippen molar-refractivity contribution in [1.82, 2.24) is 60.2 Å². The van der Waals surface area contributed by atoms with E-state index < -0.39 is 17.7 Å². The topological polar surface area (TPSA) is 282 Å². The van der Waals surface area contributed by atoms with Gasteiger partial charge in [0.2, 0.25) is 5.95 Å². The van der Waals surface area contributed by atoms with E-state index in [2.05, 4.69) is 60.7 Å². The first-order valence-corrected chi connectivity index (χ1v) is 29.4. The molecule has 3 saturated heterocycles. The zero-order valence-corrected chi connectivity index (χ0v) is 51.0. The molecule has 474 valence electrons. The molecule has 7 aromatic heterocycles. The fourth-order valence-corrected chi connectivity index (χ4v) is 9.88. The Balaban J connectivity index is 0.000000175. The number of aromatic hydroxyl groups is 1. The lowest BCUT2D eigenvalue weighted by atomic mass is 9.83. The number of nitrogens with zero attached hydrogens (tertiary/aromatic N) is 15. The number of anilines is 2. The van der Waals surface area contributed by atoms with Crippen LogP contribution in [-0.2, 0) is 20.3 Å². The Morgan fingerprint density at radius 2 is 1.11 bits per heavy atom. The minimum atomic E-state index is -4.62. The van der Waals surface area contributed by atoms with Gasteiger partial charge in [0.05, 0.1) is 34.6 Å². The van der Waals surface area contributed by atoms with Crippen LogP contribution in [0.25, 0.3) is 44.6 Å². The average Bonchev–Trinajstić information content (AvgIpc) is 1.87. The molecule has 4 fully saturated rings. The molecule has 0 spiro atoms. The Labute approximate surface area is 525 Å². The monoisotopic (exact) mass is 1260 g/mol. The second-order valence-corrected chi connectivity index (χ2v) is 21.9. The third-order valence-electron chi connectivity index (χ3n) is 15.5. The largest absolute Gasteiger partial charge is 0.508 e. The van der Waals surface area contributed by atoms with E-state index >= 15 is 0 Å². The molecule has 3 aliphatic heterocycles. The number of nitriles is 2. The fraction of sp³-hybridized carbons (Fsp3) is 0.391. The number of aliphatic hydroxyl groups excluding tert-OH is 3. The highest BCUT2D eigenvalue weighted by Crippen LogP contribution is 2.40. The molecule has 5 N–H and O–H groups in total. The van der Waals surface area contributed by atoms with Gasteiger partial charge in [0, 0.05) is 89.8 Å². The van der Waals surface area contributed by atoms with Crippen molar-refractivity contribution >= 4 is 46.1 Å². The van der Waals surface area contributed by atoms with Crippen LogP contribution in [0.2, 0.25) is 0 Å². The van der Waals surface area contributed by atoms with E-state index in [-0.39, 0.29) is 53.2 Å². The summed E-state index contributed by atoms with van der Waals surface area (Å²) in [6.07, 6.45) is 8.04. The zero-order chi connectivity index (χ0) is 63.3. The van der Waals surface area contributed by atoms with E-state index in [4.69, 9.17) is 20.1 Å². The molecule has 0 unspecified atom stereocenters. The van der Waals surface area contributed by atoms with Gasteiger partial charge in [0.1, 0.15) is 46.3 Å². The fourth-order valence-electron chi connectivity index (χ4n) is 9.88. The standard InChI is InChI=1S/C24H20F3N7O.C14H11N5O.C10H14N2O.C6H12O.C5H4FN.C5H11NO.ClH/c1-33-20-11-18(30-19(12-28)23(20)31-32-33)16-5-6-21(17(10-16)24(25,26)27)35-9-7-15-13-34(14-15)22-4-2-3-8-29-22;1-8-5-9(3-4-13(8)20)10-6-12-14(11(7-15)16-10)17-18-19(12)2;13-6-4-9-7-12(8-9)10-3-1-2-5-11-10;7-5-4-6-2-1-3-6;6-5-3-1-2-4-7-5;7-2-1-5-3-6-4-5;/h2-6,8,10-11,15H,7,9,13-14H2,1H3;3-6,20H,1-2H3;1-3,5,9,13H,4,6-8H2;6-7H,1-5H2;1-4H;5-7H,1-4H2;1H. The van der Waals surface area contributed by atoms with Gasteiger partial charge in [-0.2, -0.15) is 28.1 Å². The SMILES string of the molecule is Cc1cc(-c2cc3c(nnn3C)c(C#N)n2)ccc1O.Cl.Cn1nnc2c(C#N)nc(-c3ccc(OCCC4CN(c5ccccn5)C4)c(C(F)(F)F)c3)cc21.Fc1ccccn1.OCCC1CCC1.OCCC1CN(c2ccccn2)C1.OCCC1CNC1. The maximum atomic E-state index is 13.9. The van der Waals surface area contributed by atoms with Gasteiger partial charge in [-0.1, -0.05) is 47.9 Å². The minimum absolute atomic E-state index is 0. The molecule has 90 heavy (non-hydrogen) atoms. The number of aromatic nitrogens is 11. The second kappa shape index (κ2) is 33.6. The number of pyridine rings is 5. The van der Waals surface area contributed by atoms with E-state index in [1.807, 2.05) is 73.8 Å². The predicted molar refractivity (Wildman–Crippen MR) is 335 cm³/mol. The van der Waals surface area contributed by atoms with Crippen molar-refractivity contribution in [2.24, 2.45) is 37.8 Å². The Morgan fingerprint density at radius 3 is 1.50 bits per heavy atom. The van der Waals surface area contributed by atoms with Crippen LogP contribution in [0.3, 0.4) is 0 Å². The van der Waals surface area contributed by atoms with Crippen molar-refractivity contribution in [3.63, 3.8) is 0 Å². The highest BCUT2D eigenvalue weighted by Gasteiger charge is 2.36. The first kappa shape index (κ1) is 68.5.